The molecule has 8 nitrogen and oxygen atoms in total. The van der Waals surface area contributed by atoms with Gasteiger partial charge in [0, 0.05) is 25.1 Å². The Kier molecular flexibility index (Phi) is 5.62. The first-order valence-corrected chi connectivity index (χ1v) is 8.55. The highest BCUT2D eigenvalue weighted by Crippen LogP contribution is 2.33. The fraction of sp³-hybridized carbons (Fsp3) is 0.444. The summed E-state index contributed by atoms with van der Waals surface area (Å²) in [7, 11) is 3.14. The molecule has 1 aliphatic rings. The standard InChI is InChI=1S/C18H23N3O5/c1-24-13-5-6-14(25-2)16-11(13)10-12(21-16)17(22)19-7-8-20-18(23)15-4-3-9-26-15/h5-6,10,15,21H,3-4,7-9H2,1-2H3,(H,19,22)(H,20,23)/t15-/m1/s1. The van der Waals surface area contributed by atoms with Crippen molar-refractivity contribution in [2.75, 3.05) is 33.9 Å². The van der Waals surface area contributed by atoms with Crippen LogP contribution in [0.1, 0.15) is 23.3 Å². The molecule has 0 saturated carbocycles. The lowest BCUT2D eigenvalue weighted by Crippen LogP contribution is -2.39. The molecule has 2 heterocycles. The third-order valence-electron chi connectivity index (χ3n) is 4.33. The van der Waals surface area contributed by atoms with Gasteiger partial charge in [0.1, 0.15) is 23.3 Å². The highest BCUT2D eigenvalue weighted by Gasteiger charge is 2.23. The summed E-state index contributed by atoms with van der Waals surface area (Å²) in [4.78, 5) is 27.2. The minimum atomic E-state index is -0.362. The lowest BCUT2D eigenvalue weighted by Gasteiger charge is -2.10. The van der Waals surface area contributed by atoms with E-state index >= 15 is 0 Å². The number of amides is 2. The highest BCUT2D eigenvalue weighted by molar-refractivity contribution is 6.01. The first-order valence-electron chi connectivity index (χ1n) is 8.55. The van der Waals surface area contributed by atoms with Gasteiger partial charge in [0.2, 0.25) is 5.91 Å². The second-order valence-corrected chi connectivity index (χ2v) is 5.99. The molecular formula is C18H23N3O5. The fourth-order valence-electron chi connectivity index (χ4n) is 2.99. The van der Waals surface area contributed by atoms with Crippen molar-refractivity contribution in [1.82, 2.24) is 15.6 Å². The zero-order chi connectivity index (χ0) is 18.5. The zero-order valence-electron chi connectivity index (χ0n) is 14.9. The smallest absolute Gasteiger partial charge is 0.267 e. The number of methoxy groups -OCH3 is 2. The Balaban J connectivity index is 1.58. The molecule has 26 heavy (non-hydrogen) atoms. The quantitative estimate of drug-likeness (QED) is 0.644. The number of benzene rings is 1. The van der Waals surface area contributed by atoms with Crippen molar-refractivity contribution in [3.8, 4) is 11.5 Å². The molecule has 1 aromatic carbocycles. The molecule has 2 amide bonds. The number of nitrogens with one attached hydrogen (secondary N) is 3. The second-order valence-electron chi connectivity index (χ2n) is 5.99. The summed E-state index contributed by atoms with van der Waals surface area (Å²) >= 11 is 0. The predicted molar refractivity (Wildman–Crippen MR) is 95.7 cm³/mol. The van der Waals surface area contributed by atoms with Crippen molar-refractivity contribution in [2.24, 2.45) is 0 Å². The maximum absolute atomic E-state index is 12.4. The molecule has 3 N–H and O–H groups in total. The lowest BCUT2D eigenvalue weighted by molar-refractivity contribution is -0.129. The van der Waals surface area contributed by atoms with E-state index < -0.39 is 0 Å². The molecular weight excluding hydrogens is 338 g/mol. The topological polar surface area (TPSA) is 102 Å². The third-order valence-corrected chi connectivity index (χ3v) is 4.33. The maximum Gasteiger partial charge on any atom is 0.267 e. The van der Waals surface area contributed by atoms with Crippen LogP contribution in [0.4, 0.5) is 0 Å². The number of ether oxygens (including phenoxy) is 3. The zero-order valence-corrected chi connectivity index (χ0v) is 14.9. The monoisotopic (exact) mass is 361 g/mol. The van der Waals surface area contributed by atoms with Gasteiger partial charge in [-0.1, -0.05) is 0 Å². The van der Waals surface area contributed by atoms with Crippen molar-refractivity contribution < 1.29 is 23.8 Å². The molecule has 0 bridgehead atoms. The molecule has 1 aromatic heterocycles. The second kappa shape index (κ2) is 8.09. The van der Waals surface area contributed by atoms with Crippen LogP contribution in [0.15, 0.2) is 18.2 Å². The molecule has 3 rings (SSSR count). The van der Waals surface area contributed by atoms with Crippen LogP contribution in [0.3, 0.4) is 0 Å². The first kappa shape index (κ1) is 18.1. The first-order chi connectivity index (χ1) is 12.6. The molecule has 0 aliphatic carbocycles. The number of hydrogen-bond acceptors (Lipinski definition) is 5. The summed E-state index contributed by atoms with van der Waals surface area (Å²) in [6.45, 7) is 1.29. The van der Waals surface area contributed by atoms with Gasteiger partial charge in [0.05, 0.1) is 19.7 Å². The van der Waals surface area contributed by atoms with Gasteiger partial charge < -0.3 is 29.8 Å². The molecule has 0 unspecified atom stereocenters. The molecule has 1 aliphatic heterocycles. The van der Waals surface area contributed by atoms with Crippen LogP contribution in [0, 0.1) is 0 Å². The van der Waals surface area contributed by atoms with Gasteiger partial charge in [-0.15, -0.1) is 0 Å². The number of H-pyrrole nitrogens is 1. The van der Waals surface area contributed by atoms with E-state index in [9.17, 15) is 9.59 Å². The van der Waals surface area contributed by atoms with Crippen LogP contribution in [0.25, 0.3) is 10.9 Å². The lowest BCUT2D eigenvalue weighted by atomic mass is 10.2. The van der Waals surface area contributed by atoms with E-state index in [-0.39, 0.29) is 17.9 Å². The predicted octanol–water partition coefficient (Wildman–Crippen LogP) is 1.21. The summed E-state index contributed by atoms with van der Waals surface area (Å²) in [6.07, 6.45) is 1.29. The Labute approximate surface area is 151 Å². The van der Waals surface area contributed by atoms with E-state index in [1.807, 2.05) is 0 Å². The number of hydrogen-bond donors (Lipinski definition) is 3. The summed E-state index contributed by atoms with van der Waals surface area (Å²) in [5.41, 5.74) is 1.09. The molecule has 1 atom stereocenters. The van der Waals surface area contributed by atoms with Gasteiger partial charge in [0.15, 0.2) is 0 Å². The van der Waals surface area contributed by atoms with Crippen molar-refractivity contribution >= 4 is 22.7 Å². The molecule has 1 fully saturated rings. The fourth-order valence-corrected chi connectivity index (χ4v) is 2.99. The summed E-state index contributed by atoms with van der Waals surface area (Å²) in [5, 5.41) is 6.31. The Bertz CT molecular complexity index is 754. The normalized spacial score (nSPS) is 16.5. The van der Waals surface area contributed by atoms with E-state index in [4.69, 9.17) is 14.2 Å². The Morgan fingerprint density at radius 2 is 1.92 bits per heavy atom. The van der Waals surface area contributed by atoms with Crippen LogP contribution in [0.2, 0.25) is 0 Å². The summed E-state index contributed by atoms with van der Waals surface area (Å²) < 4.78 is 16.0. The number of rotatable bonds is 7. The summed E-state index contributed by atoms with van der Waals surface area (Å²) in [6, 6.07) is 5.29. The van der Waals surface area contributed by atoms with E-state index in [0.29, 0.717) is 42.4 Å². The minimum absolute atomic E-state index is 0.128. The van der Waals surface area contributed by atoms with Gasteiger partial charge in [-0.25, -0.2) is 0 Å². The molecule has 2 aromatic rings. The van der Waals surface area contributed by atoms with Crippen LogP contribution in [-0.4, -0.2) is 56.8 Å². The number of fused-ring (bicyclic) bond motifs is 1. The van der Waals surface area contributed by atoms with E-state index in [1.165, 1.54) is 0 Å². The van der Waals surface area contributed by atoms with Crippen molar-refractivity contribution in [3.05, 3.63) is 23.9 Å². The largest absolute Gasteiger partial charge is 0.496 e. The van der Waals surface area contributed by atoms with Gasteiger partial charge in [-0.2, -0.15) is 0 Å². The molecule has 0 radical (unpaired) electrons. The Morgan fingerprint density at radius 3 is 2.62 bits per heavy atom. The summed E-state index contributed by atoms with van der Waals surface area (Å²) in [5.74, 6) is 0.886. The molecule has 140 valence electrons. The number of carbonyl (C=O) groups is 2. The molecule has 1 saturated heterocycles. The third kappa shape index (κ3) is 3.75. The van der Waals surface area contributed by atoms with Crippen LogP contribution >= 0.6 is 0 Å². The number of aromatic amines is 1. The van der Waals surface area contributed by atoms with Crippen molar-refractivity contribution in [2.45, 2.75) is 18.9 Å². The number of aromatic nitrogens is 1. The van der Waals surface area contributed by atoms with Crippen molar-refractivity contribution in [3.63, 3.8) is 0 Å². The molecule has 0 spiro atoms. The van der Waals surface area contributed by atoms with Gasteiger partial charge in [-0.3, -0.25) is 9.59 Å². The van der Waals surface area contributed by atoms with E-state index in [1.54, 1.807) is 32.4 Å². The van der Waals surface area contributed by atoms with E-state index in [2.05, 4.69) is 15.6 Å². The highest BCUT2D eigenvalue weighted by atomic mass is 16.5. The van der Waals surface area contributed by atoms with Gasteiger partial charge in [0.25, 0.3) is 5.91 Å². The number of carbonyl (C=O) groups excluding carboxylic acids is 2. The van der Waals surface area contributed by atoms with Crippen LogP contribution < -0.4 is 20.1 Å². The van der Waals surface area contributed by atoms with Crippen LogP contribution in [0.5, 0.6) is 11.5 Å². The maximum atomic E-state index is 12.4. The van der Waals surface area contributed by atoms with E-state index in [0.717, 1.165) is 18.2 Å². The van der Waals surface area contributed by atoms with Crippen molar-refractivity contribution in [1.29, 1.82) is 0 Å². The Morgan fingerprint density at radius 1 is 1.19 bits per heavy atom. The van der Waals surface area contributed by atoms with Gasteiger partial charge >= 0.3 is 0 Å². The van der Waals surface area contributed by atoms with Crippen LogP contribution in [-0.2, 0) is 9.53 Å². The average molecular weight is 361 g/mol. The Hall–Kier alpha value is -2.74. The SMILES string of the molecule is COc1ccc(OC)c2[nH]c(C(=O)NCCNC(=O)[C@H]3CCCO3)cc12. The average Bonchev–Trinajstić information content (AvgIpc) is 3.33. The van der Waals surface area contributed by atoms with Gasteiger partial charge in [-0.05, 0) is 31.0 Å². The molecule has 8 heteroatoms. The minimum Gasteiger partial charge on any atom is -0.496 e.